The van der Waals surface area contributed by atoms with Gasteiger partial charge < -0.3 is 4.74 Å². The van der Waals surface area contributed by atoms with Gasteiger partial charge in [-0.25, -0.2) is 9.48 Å². The Balaban J connectivity index is 2.08. The molecule has 0 atom stereocenters. The molecule has 1 aromatic heterocycles. The van der Waals surface area contributed by atoms with E-state index in [9.17, 15) is 14.9 Å². The van der Waals surface area contributed by atoms with E-state index < -0.39 is 10.9 Å². The largest absolute Gasteiger partial charge is 0.454 e. The molecule has 2 rings (SSSR count). The van der Waals surface area contributed by atoms with Gasteiger partial charge in [-0.1, -0.05) is 18.5 Å². The molecule has 0 amide bonds. The van der Waals surface area contributed by atoms with Crippen molar-refractivity contribution in [3.05, 3.63) is 44.7 Å². The monoisotopic (exact) mass is 325 g/mol. The number of esters is 1. The van der Waals surface area contributed by atoms with E-state index in [1.54, 1.807) is 0 Å². The Hall–Kier alpha value is -2.55. The lowest BCUT2D eigenvalue weighted by atomic mass is 10.2. The first-order valence-corrected chi connectivity index (χ1v) is 6.76. The van der Waals surface area contributed by atoms with Gasteiger partial charge in [0.05, 0.1) is 10.5 Å². The molecule has 0 unspecified atom stereocenters. The van der Waals surface area contributed by atoms with E-state index >= 15 is 0 Å². The van der Waals surface area contributed by atoms with Gasteiger partial charge in [-0.3, -0.25) is 10.1 Å². The smallest absolute Gasteiger partial charge is 0.338 e. The number of benzene rings is 1. The number of carbonyl (C=O) groups excluding carboxylic acids is 1. The lowest BCUT2D eigenvalue weighted by molar-refractivity contribution is -0.384. The standard InChI is InChI=1S/C12H12ClN5O4/c1-2-5-17-11(14-15-16-17)7-22-12(19)8-3-4-9(13)10(6-8)18(20)21/h3-4,6H,2,5,7H2,1H3. The third-order valence-corrected chi connectivity index (χ3v) is 3.07. The van der Waals surface area contributed by atoms with Crippen LogP contribution >= 0.6 is 11.6 Å². The van der Waals surface area contributed by atoms with E-state index in [2.05, 4.69) is 15.5 Å². The molecule has 1 aromatic carbocycles. The summed E-state index contributed by atoms with van der Waals surface area (Å²) in [5.41, 5.74) is -0.322. The molecule has 0 saturated heterocycles. The van der Waals surface area contributed by atoms with Crippen LogP contribution in [0, 0.1) is 10.1 Å². The van der Waals surface area contributed by atoms with Crippen molar-refractivity contribution in [1.29, 1.82) is 0 Å². The number of nitro groups is 1. The van der Waals surface area contributed by atoms with Crippen LogP contribution in [-0.2, 0) is 17.9 Å². The van der Waals surface area contributed by atoms with Crippen LogP contribution in [0.2, 0.25) is 5.02 Å². The van der Waals surface area contributed by atoms with Crippen molar-refractivity contribution >= 4 is 23.3 Å². The molecule has 0 radical (unpaired) electrons. The number of carbonyl (C=O) groups is 1. The number of nitrogens with zero attached hydrogens (tertiary/aromatic N) is 5. The molecular formula is C12H12ClN5O4. The van der Waals surface area contributed by atoms with Crippen molar-refractivity contribution in [2.75, 3.05) is 0 Å². The molecule has 116 valence electrons. The molecule has 9 nitrogen and oxygen atoms in total. The number of aromatic nitrogens is 4. The zero-order chi connectivity index (χ0) is 16.1. The second-order valence-corrected chi connectivity index (χ2v) is 4.72. The molecule has 0 aliphatic heterocycles. The molecule has 10 heteroatoms. The van der Waals surface area contributed by atoms with Crippen LogP contribution in [0.15, 0.2) is 18.2 Å². The van der Waals surface area contributed by atoms with Crippen molar-refractivity contribution in [2.45, 2.75) is 26.5 Å². The minimum absolute atomic E-state index is 0.0330. The number of nitro benzene ring substituents is 1. The summed E-state index contributed by atoms with van der Waals surface area (Å²) in [6.45, 7) is 2.44. The van der Waals surface area contributed by atoms with Crippen molar-refractivity contribution in [3.8, 4) is 0 Å². The van der Waals surface area contributed by atoms with Crippen LogP contribution < -0.4 is 0 Å². The van der Waals surface area contributed by atoms with E-state index in [4.69, 9.17) is 16.3 Å². The maximum Gasteiger partial charge on any atom is 0.338 e. The molecule has 2 aromatic rings. The van der Waals surface area contributed by atoms with Gasteiger partial charge in [-0.15, -0.1) is 5.10 Å². The molecule has 0 aliphatic carbocycles. The molecule has 0 N–H and O–H groups in total. The first-order chi connectivity index (χ1) is 10.5. The van der Waals surface area contributed by atoms with E-state index in [0.717, 1.165) is 12.5 Å². The van der Waals surface area contributed by atoms with E-state index in [-0.39, 0.29) is 22.9 Å². The Morgan fingerprint density at radius 3 is 2.95 bits per heavy atom. The lowest BCUT2D eigenvalue weighted by Crippen LogP contribution is -2.11. The average Bonchev–Trinajstić information content (AvgIpc) is 2.92. The minimum Gasteiger partial charge on any atom is -0.454 e. The summed E-state index contributed by atoms with van der Waals surface area (Å²) < 4.78 is 6.59. The van der Waals surface area contributed by atoms with Crippen molar-refractivity contribution in [2.24, 2.45) is 0 Å². The fourth-order valence-electron chi connectivity index (χ4n) is 1.71. The molecule has 0 saturated carbocycles. The molecular weight excluding hydrogens is 314 g/mol. The van der Waals surface area contributed by atoms with Crippen LogP contribution in [0.25, 0.3) is 0 Å². The molecule has 22 heavy (non-hydrogen) atoms. The molecule has 0 spiro atoms. The Morgan fingerprint density at radius 1 is 1.50 bits per heavy atom. The summed E-state index contributed by atoms with van der Waals surface area (Å²) in [6.07, 6.45) is 0.829. The normalized spacial score (nSPS) is 10.5. The Morgan fingerprint density at radius 2 is 2.27 bits per heavy atom. The second kappa shape index (κ2) is 6.94. The fraction of sp³-hybridized carbons (Fsp3) is 0.333. The summed E-state index contributed by atoms with van der Waals surface area (Å²) >= 11 is 5.69. The topological polar surface area (TPSA) is 113 Å². The predicted molar refractivity (Wildman–Crippen MR) is 75.3 cm³/mol. The lowest BCUT2D eigenvalue weighted by Gasteiger charge is -2.05. The minimum atomic E-state index is -0.717. The Bertz CT molecular complexity index is 703. The number of halogens is 1. The van der Waals surface area contributed by atoms with Gasteiger partial charge in [0.1, 0.15) is 5.02 Å². The van der Waals surface area contributed by atoms with Crippen LogP contribution in [0.3, 0.4) is 0 Å². The van der Waals surface area contributed by atoms with Crippen LogP contribution in [0.4, 0.5) is 5.69 Å². The number of rotatable bonds is 6. The number of tetrazole rings is 1. The number of ether oxygens (including phenoxy) is 1. The van der Waals surface area contributed by atoms with Crippen molar-refractivity contribution in [1.82, 2.24) is 20.2 Å². The van der Waals surface area contributed by atoms with Gasteiger partial charge in [0, 0.05) is 12.6 Å². The van der Waals surface area contributed by atoms with E-state index in [1.165, 1.54) is 16.8 Å². The SMILES string of the molecule is CCCn1nnnc1COC(=O)c1ccc(Cl)c([N+](=O)[O-])c1. The van der Waals surface area contributed by atoms with Gasteiger partial charge >= 0.3 is 5.97 Å². The van der Waals surface area contributed by atoms with E-state index in [1.807, 2.05) is 6.92 Å². The first-order valence-electron chi connectivity index (χ1n) is 6.39. The Labute approximate surface area is 130 Å². The van der Waals surface area contributed by atoms with Gasteiger partial charge in [-0.05, 0) is 29.0 Å². The van der Waals surface area contributed by atoms with E-state index in [0.29, 0.717) is 12.4 Å². The summed E-state index contributed by atoms with van der Waals surface area (Å²) in [6, 6.07) is 3.70. The van der Waals surface area contributed by atoms with Crippen molar-refractivity contribution < 1.29 is 14.5 Å². The summed E-state index contributed by atoms with van der Waals surface area (Å²) in [5.74, 6) is -0.315. The zero-order valence-corrected chi connectivity index (χ0v) is 12.4. The van der Waals surface area contributed by atoms with Crippen LogP contribution in [0.5, 0.6) is 0 Å². The molecule has 0 aliphatic rings. The highest BCUT2D eigenvalue weighted by Gasteiger charge is 2.18. The first kappa shape index (κ1) is 15.8. The third kappa shape index (κ3) is 3.55. The fourth-order valence-corrected chi connectivity index (χ4v) is 1.89. The molecule has 1 heterocycles. The van der Waals surface area contributed by atoms with Crippen LogP contribution in [0.1, 0.15) is 29.5 Å². The maximum absolute atomic E-state index is 11.9. The van der Waals surface area contributed by atoms with Crippen LogP contribution in [-0.4, -0.2) is 31.1 Å². The van der Waals surface area contributed by atoms with Gasteiger partial charge in [-0.2, -0.15) is 0 Å². The summed E-state index contributed by atoms with van der Waals surface area (Å²) in [5, 5.41) is 21.8. The van der Waals surface area contributed by atoms with Gasteiger partial charge in [0.25, 0.3) is 5.69 Å². The molecule has 0 fully saturated rings. The third-order valence-electron chi connectivity index (χ3n) is 2.75. The van der Waals surface area contributed by atoms with Crippen molar-refractivity contribution in [3.63, 3.8) is 0 Å². The van der Waals surface area contributed by atoms with Gasteiger partial charge in [0.15, 0.2) is 12.4 Å². The number of aryl methyl sites for hydroxylation is 1. The quantitative estimate of drug-likeness (QED) is 0.453. The Kier molecular flexibility index (Phi) is 4.99. The number of hydrogen-bond acceptors (Lipinski definition) is 7. The average molecular weight is 326 g/mol. The highest BCUT2D eigenvalue weighted by Crippen LogP contribution is 2.25. The maximum atomic E-state index is 11.9. The zero-order valence-electron chi connectivity index (χ0n) is 11.6. The second-order valence-electron chi connectivity index (χ2n) is 4.32. The molecule has 0 bridgehead atoms. The van der Waals surface area contributed by atoms with Gasteiger partial charge in [0.2, 0.25) is 0 Å². The summed E-state index contributed by atoms with van der Waals surface area (Å²) in [4.78, 5) is 22.1. The summed E-state index contributed by atoms with van der Waals surface area (Å²) in [7, 11) is 0. The highest BCUT2D eigenvalue weighted by molar-refractivity contribution is 6.32. The number of hydrogen-bond donors (Lipinski definition) is 0. The predicted octanol–water partition coefficient (Wildman–Crippen LogP) is 2.00. The highest BCUT2D eigenvalue weighted by atomic mass is 35.5.